The highest BCUT2D eigenvalue weighted by Crippen LogP contribution is 2.16. The van der Waals surface area contributed by atoms with Crippen LogP contribution in [0.4, 0.5) is 0 Å². The summed E-state index contributed by atoms with van der Waals surface area (Å²) in [6, 6.07) is 0. The fraction of sp³-hybridized carbons (Fsp3) is 0.875. The summed E-state index contributed by atoms with van der Waals surface area (Å²) in [6.45, 7) is 4.08. The van der Waals surface area contributed by atoms with E-state index in [1.165, 1.54) is 180 Å². The number of carbonyl (C=O) groups is 2. The quantitative estimate of drug-likeness (QED) is 0.0382. The molecule has 0 saturated heterocycles. The Bertz CT molecular complexity index is 806. The summed E-state index contributed by atoms with van der Waals surface area (Å²) in [5.74, 6) is -0.590. The number of carbonyl (C=O) groups excluding carboxylic acids is 2. The van der Waals surface area contributed by atoms with Crippen molar-refractivity contribution in [2.45, 2.75) is 258 Å². The van der Waals surface area contributed by atoms with Crippen molar-refractivity contribution >= 4 is 11.9 Å². The average Bonchev–Trinajstić information content (AvgIpc) is 3.16. The van der Waals surface area contributed by atoms with Crippen LogP contribution in [0.25, 0.3) is 0 Å². The van der Waals surface area contributed by atoms with Gasteiger partial charge in [0.1, 0.15) is 6.61 Å². The maximum atomic E-state index is 12.1. The number of ether oxygens (including phenoxy) is 2. The number of rotatable bonds is 43. The standard InChI is InChI=1S/C48H90O5/c1-3-5-7-9-11-12-13-14-15-16-17-18-19-20-21-22-23-24-25-26-27-28-29-30-31-32-33-34-35-36-37-39-41-43-48(51)53-46(44-49)45-52-47(50)42-40-38-10-8-6-4-2/h13-14,16-17,46,49H,3-12,15,18-45H2,1-2H3/b14-13-,17-16-. The molecule has 0 spiro atoms. The predicted octanol–water partition coefficient (Wildman–Crippen LogP) is 15.0. The maximum Gasteiger partial charge on any atom is 0.306 e. The van der Waals surface area contributed by atoms with Crippen molar-refractivity contribution in [1.29, 1.82) is 0 Å². The van der Waals surface area contributed by atoms with Crippen LogP contribution in [0.1, 0.15) is 251 Å². The first-order valence-electron chi connectivity index (χ1n) is 23.4. The molecule has 5 nitrogen and oxygen atoms in total. The summed E-state index contributed by atoms with van der Waals surface area (Å²) in [5.41, 5.74) is 0. The van der Waals surface area contributed by atoms with Crippen LogP contribution in [0.2, 0.25) is 0 Å². The molecule has 0 aromatic rings. The Morgan fingerprint density at radius 2 is 0.755 bits per heavy atom. The molecular weight excluding hydrogens is 657 g/mol. The molecule has 0 aliphatic heterocycles. The van der Waals surface area contributed by atoms with Gasteiger partial charge in [-0.05, 0) is 44.9 Å². The molecule has 0 heterocycles. The van der Waals surface area contributed by atoms with Crippen LogP contribution in [-0.2, 0) is 19.1 Å². The minimum absolute atomic E-state index is 0.0612. The molecule has 0 aromatic carbocycles. The van der Waals surface area contributed by atoms with Crippen molar-refractivity contribution in [3.63, 3.8) is 0 Å². The summed E-state index contributed by atoms with van der Waals surface area (Å²) in [6.07, 6.45) is 54.6. The maximum absolute atomic E-state index is 12.1. The lowest BCUT2D eigenvalue weighted by Gasteiger charge is -2.15. The smallest absolute Gasteiger partial charge is 0.306 e. The van der Waals surface area contributed by atoms with E-state index in [1.54, 1.807) is 0 Å². The number of hydrogen-bond acceptors (Lipinski definition) is 5. The third kappa shape index (κ3) is 43.0. The van der Waals surface area contributed by atoms with Gasteiger partial charge in [-0.1, -0.05) is 218 Å². The van der Waals surface area contributed by atoms with Gasteiger partial charge < -0.3 is 14.6 Å². The van der Waals surface area contributed by atoms with Gasteiger partial charge >= 0.3 is 11.9 Å². The van der Waals surface area contributed by atoms with Crippen LogP contribution in [-0.4, -0.2) is 36.4 Å². The van der Waals surface area contributed by atoms with E-state index < -0.39 is 6.10 Å². The molecule has 0 saturated carbocycles. The molecule has 53 heavy (non-hydrogen) atoms. The van der Waals surface area contributed by atoms with Gasteiger partial charge in [0.05, 0.1) is 6.61 Å². The lowest BCUT2D eigenvalue weighted by atomic mass is 10.0. The second kappa shape index (κ2) is 44.8. The highest BCUT2D eigenvalue weighted by molar-refractivity contribution is 5.70. The van der Waals surface area contributed by atoms with Gasteiger partial charge in [-0.25, -0.2) is 0 Å². The van der Waals surface area contributed by atoms with Crippen molar-refractivity contribution in [3.8, 4) is 0 Å². The molecule has 1 atom stereocenters. The van der Waals surface area contributed by atoms with Crippen LogP contribution in [0.15, 0.2) is 24.3 Å². The highest BCUT2D eigenvalue weighted by atomic mass is 16.6. The van der Waals surface area contributed by atoms with Gasteiger partial charge in [0.2, 0.25) is 0 Å². The largest absolute Gasteiger partial charge is 0.462 e. The summed E-state index contributed by atoms with van der Waals surface area (Å²) in [5, 5.41) is 9.51. The Hall–Kier alpha value is -1.62. The molecule has 0 bridgehead atoms. The minimum atomic E-state index is -0.762. The second-order valence-corrected chi connectivity index (χ2v) is 15.8. The van der Waals surface area contributed by atoms with E-state index in [9.17, 15) is 14.7 Å². The van der Waals surface area contributed by atoms with Crippen LogP contribution in [0.3, 0.4) is 0 Å². The summed E-state index contributed by atoms with van der Waals surface area (Å²) in [4.78, 5) is 24.1. The zero-order valence-corrected chi connectivity index (χ0v) is 35.5. The van der Waals surface area contributed by atoms with Crippen molar-refractivity contribution in [1.82, 2.24) is 0 Å². The number of aliphatic hydroxyl groups is 1. The van der Waals surface area contributed by atoms with E-state index in [0.717, 1.165) is 44.9 Å². The zero-order chi connectivity index (χ0) is 38.6. The number of aliphatic hydroxyl groups excluding tert-OH is 1. The Balaban J connectivity index is 3.34. The van der Waals surface area contributed by atoms with Crippen molar-refractivity contribution in [2.75, 3.05) is 13.2 Å². The van der Waals surface area contributed by atoms with E-state index in [1.807, 2.05) is 0 Å². The molecule has 0 amide bonds. The first kappa shape index (κ1) is 51.4. The van der Waals surface area contributed by atoms with Crippen molar-refractivity contribution in [2.24, 2.45) is 0 Å². The lowest BCUT2D eigenvalue weighted by Crippen LogP contribution is -2.28. The molecule has 1 unspecified atom stereocenters. The van der Waals surface area contributed by atoms with Gasteiger partial charge in [0.15, 0.2) is 6.10 Å². The van der Waals surface area contributed by atoms with Gasteiger partial charge in [0.25, 0.3) is 0 Å². The third-order valence-electron chi connectivity index (χ3n) is 10.5. The van der Waals surface area contributed by atoms with Crippen LogP contribution in [0, 0.1) is 0 Å². The summed E-state index contributed by atoms with van der Waals surface area (Å²) in [7, 11) is 0. The Labute approximate surface area is 330 Å². The Morgan fingerprint density at radius 1 is 0.434 bits per heavy atom. The van der Waals surface area contributed by atoms with Crippen LogP contribution < -0.4 is 0 Å². The molecule has 0 fully saturated rings. The fourth-order valence-corrected chi connectivity index (χ4v) is 6.94. The lowest BCUT2D eigenvalue weighted by molar-refractivity contribution is -0.161. The molecule has 0 rings (SSSR count). The first-order valence-corrected chi connectivity index (χ1v) is 23.4. The third-order valence-corrected chi connectivity index (χ3v) is 10.5. The number of hydrogen-bond donors (Lipinski definition) is 1. The highest BCUT2D eigenvalue weighted by Gasteiger charge is 2.16. The van der Waals surface area contributed by atoms with Crippen molar-refractivity contribution < 1.29 is 24.2 Å². The molecule has 5 heteroatoms. The van der Waals surface area contributed by atoms with Crippen LogP contribution in [0.5, 0.6) is 0 Å². The topological polar surface area (TPSA) is 72.8 Å². The van der Waals surface area contributed by atoms with Gasteiger partial charge in [0, 0.05) is 12.8 Å². The summed E-state index contributed by atoms with van der Waals surface area (Å²) >= 11 is 0. The molecule has 0 aromatic heterocycles. The van der Waals surface area contributed by atoms with Crippen LogP contribution >= 0.6 is 0 Å². The van der Waals surface area contributed by atoms with Crippen molar-refractivity contribution in [3.05, 3.63) is 24.3 Å². The van der Waals surface area contributed by atoms with E-state index in [0.29, 0.717) is 12.8 Å². The van der Waals surface area contributed by atoms with E-state index in [4.69, 9.17) is 9.47 Å². The first-order chi connectivity index (χ1) is 26.1. The molecule has 0 aliphatic carbocycles. The van der Waals surface area contributed by atoms with Gasteiger partial charge in [-0.3, -0.25) is 9.59 Å². The average molecular weight is 747 g/mol. The Morgan fingerprint density at radius 3 is 1.11 bits per heavy atom. The molecular formula is C48H90O5. The minimum Gasteiger partial charge on any atom is -0.462 e. The number of allylic oxidation sites excluding steroid dienone is 4. The van der Waals surface area contributed by atoms with E-state index >= 15 is 0 Å². The van der Waals surface area contributed by atoms with Gasteiger partial charge in [-0.15, -0.1) is 0 Å². The molecule has 0 radical (unpaired) electrons. The number of unbranched alkanes of at least 4 members (excludes halogenated alkanes) is 31. The monoisotopic (exact) mass is 747 g/mol. The fourth-order valence-electron chi connectivity index (χ4n) is 6.94. The molecule has 312 valence electrons. The zero-order valence-electron chi connectivity index (χ0n) is 35.5. The van der Waals surface area contributed by atoms with Gasteiger partial charge in [-0.2, -0.15) is 0 Å². The Kier molecular flexibility index (Phi) is 43.4. The SMILES string of the molecule is CCCCCCC/C=C\C/C=C\CCCCCCCCCCCCCCCCCCCCCCCC(=O)OC(CO)COC(=O)CCCCCCCC. The second-order valence-electron chi connectivity index (χ2n) is 15.8. The predicted molar refractivity (Wildman–Crippen MR) is 228 cm³/mol. The van der Waals surface area contributed by atoms with E-state index in [2.05, 4.69) is 38.2 Å². The molecule has 0 aliphatic rings. The number of esters is 2. The van der Waals surface area contributed by atoms with E-state index in [-0.39, 0.29) is 25.2 Å². The normalized spacial score (nSPS) is 12.3. The summed E-state index contributed by atoms with van der Waals surface area (Å²) < 4.78 is 10.5. The molecule has 1 N–H and O–H groups in total.